The lowest BCUT2D eigenvalue weighted by Gasteiger charge is -2.33. The van der Waals surface area contributed by atoms with Crippen molar-refractivity contribution in [1.82, 2.24) is 4.98 Å². The molecular weight excluding hydrogens is 331 g/mol. The van der Waals surface area contributed by atoms with Crippen LogP contribution in [0.4, 0.5) is 13.2 Å². The Hall–Kier alpha value is -0.580. The van der Waals surface area contributed by atoms with Gasteiger partial charge in [0.05, 0.1) is 5.92 Å². The zero-order valence-electron chi connectivity index (χ0n) is 11.5. The van der Waals surface area contributed by atoms with Gasteiger partial charge in [0, 0.05) is 23.1 Å². The Kier molecular flexibility index (Phi) is 5.10. The monoisotopic (exact) mass is 349 g/mol. The fraction of sp³-hybridized carbons (Fsp3) is 0.667. The average Bonchev–Trinajstić information content (AvgIpc) is 2.40. The van der Waals surface area contributed by atoms with Gasteiger partial charge in [0.15, 0.2) is 0 Å². The normalized spacial score (nSPS) is 25.4. The molecule has 1 aromatic heterocycles. The van der Waals surface area contributed by atoms with Crippen LogP contribution in [0, 0.1) is 18.8 Å². The first-order valence-electron chi connectivity index (χ1n) is 6.98. The summed E-state index contributed by atoms with van der Waals surface area (Å²) in [7, 11) is 0. The van der Waals surface area contributed by atoms with Crippen LogP contribution in [0.25, 0.3) is 0 Å². The molecule has 0 bridgehead atoms. The van der Waals surface area contributed by atoms with E-state index in [1.54, 1.807) is 6.20 Å². The third kappa shape index (κ3) is 4.21. The average molecular weight is 350 g/mol. The summed E-state index contributed by atoms with van der Waals surface area (Å²) in [6.07, 6.45) is 0.498. The standard InChI is InChI=1S/C15H19BrF3N/c1-10-5-6-13(20-9-10)8-14(16)11-3-2-4-12(7-11)15(17,18)19/h5-6,9,11-12,14H,2-4,7-8H2,1H3. The second kappa shape index (κ2) is 6.46. The largest absolute Gasteiger partial charge is 0.391 e. The summed E-state index contributed by atoms with van der Waals surface area (Å²) in [5, 5.41) is 0. The molecule has 1 aliphatic rings. The molecule has 1 aliphatic carbocycles. The highest BCUT2D eigenvalue weighted by molar-refractivity contribution is 9.09. The number of nitrogens with zero attached hydrogens (tertiary/aromatic N) is 1. The molecule has 0 amide bonds. The zero-order chi connectivity index (χ0) is 14.8. The molecule has 1 fully saturated rings. The second-order valence-corrected chi connectivity index (χ2v) is 6.89. The van der Waals surface area contributed by atoms with Gasteiger partial charge in [-0.15, -0.1) is 0 Å². The molecule has 3 atom stereocenters. The van der Waals surface area contributed by atoms with Crippen LogP contribution in [-0.2, 0) is 6.42 Å². The SMILES string of the molecule is Cc1ccc(CC(Br)C2CCCC(C(F)(F)F)C2)nc1. The Morgan fingerprint density at radius 2 is 2.10 bits per heavy atom. The lowest BCUT2D eigenvalue weighted by Crippen LogP contribution is -2.32. The Morgan fingerprint density at radius 1 is 1.35 bits per heavy atom. The van der Waals surface area contributed by atoms with Gasteiger partial charge in [0.1, 0.15) is 0 Å². The first-order chi connectivity index (χ1) is 9.36. The highest BCUT2D eigenvalue weighted by Gasteiger charge is 2.43. The van der Waals surface area contributed by atoms with E-state index < -0.39 is 12.1 Å². The first-order valence-corrected chi connectivity index (χ1v) is 7.90. The van der Waals surface area contributed by atoms with Crippen LogP contribution in [0.1, 0.15) is 36.9 Å². The van der Waals surface area contributed by atoms with E-state index in [2.05, 4.69) is 20.9 Å². The number of hydrogen-bond acceptors (Lipinski definition) is 1. The predicted octanol–water partition coefficient (Wildman–Crippen LogP) is 5.06. The van der Waals surface area contributed by atoms with Gasteiger partial charge in [-0.2, -0.15) is 13.2 Å². The minimum Gasteiger partial charge on any atom is -0.261 e. The summed E-state index contributed by atoms with van der Waals surface area (Å²) >= 11 is 3.58. The number of rotatable bonds is 3. The third-order valence-electron chi connectivity index (χ3n) is 4.07. The van der Waals surface area contributed by atoms with Crippen molar-refractivity contribution in [2.24, 2.45) is 11.8 Å². The summed E-state index contributed by atoms with van der Waals surface area (Å²) < 4.78 is 38.5. The Balaban J connectivity index is 1.95. The topological polar surface area (TPSA) is 12.9 Å². The van der Waals surface area contributed by atoms with Crippen LogP contribution in [0.15, 0.2) is 18.3 Å². The van der Waals surface area contributed by atoms with Crippen LogP contribution in [0.5, 0.6) is 0 Å². The molecule has 1 saturated carbocycles. The van der Waals surface area contributed by atoms with Gasteiger partial charge in [-0.25, -0.2) is 0 Å². The van der Waals surface area contributed by atoms with Crippen molar-refractivity contribution in [3.05, 3.63) is 29.6 Å². The van der Waals surface area contributed by atoms with E-state index in [1.807, 2.05) is 19.1 Å². The zero-order valence-corrected chi connectivity index (χ0v) is 13.0. The summed E-state index contributed by atoms with van der Waals surface area (Å²) in [6.45, 7) is 1.97. The van der Waals surface area contributed by atoms with Gasteiger partial charge in [-0.1, -0.05) is 28.4 Å². The van der Waals surface area contributed by atoms with E-state index in [4.69, 9.17) is 0 Å². The minimum absolute atomic E-state index is 0.0721. The molecule has 0 spiro atoms. The molecule has 0 radical (unpaired) electrons. The van der Waals surface area contributed by atoms with Crippen LogP contribution in [-0.4, -0.2) is 16.0 Å². The molecule has 2 rings (SSSR count). The molecule has 20 heavy (non-hydrogen) atoms. The van der Waals surface area contributed by atoms with Crippen molar-refractivity contribution in [3.8, 4) is 0 Å². The summed E-state index contributed by atoms with van der Waals surface area (Å²) in [5.74, 6) is -1.05. The van der Waals surface area contributed by atoms with Crippen molar-refractivity contribution in [2.45, 2.75) is 50.0 Å². The van der Waals surface area contributed by atoms with E-state index in [1.165, 1.54) is 0 Å². The maximum Gasteiger partial charge on any atom is 0.391 e. The smallest absolute Gasteiger partial charge is 0.261 e. The lowest BCUT2D eigenvalue weighted by atomic mass is 9.78. The van der Waals surface area contributed by atoms with Gasteiger partial charge in [-0.3, -0.25) is 4.98 Å². The van der Waals surface area contributed by atoms with Crippen molar-refractivity contribution in [2.75, 3.05) is 0 Å². The van der Waals surface area contributed by atoms with Crippen LogP contribution in [0.3, 0.4) is 0 Å². The van der Waals surface area contributed by atoms with E-state index in [9.17, 15) is 13.2 Å². The molecule has 112 valence electrons. The van der Waals surface area contributed by atoms with E-state index in [0.29, 0.717) is 12.8 Å². The Bertz CT molecular complexity index is 430. The summed E-state index contributed by atoms with van der Waals surface area (Å²) in [6, 6.07) is 3.94. The van der Waals surface area contributed by atoms with Gasteiger partial charge >= 0.3 is 6.18 Å². The summed E-state index contributed by atoms with van der Waals surface area (Å²) in [4.78, 5) is 4.40. The lowest BCUT2D eigenvalue weighted by molar-refractivity contribution is -0.185. The molecule has 0 aliphatic heterocycles. The quantitative estimate of drug-likeness (QED) is 0.694. The fourth-order valence-corrected chi connectivity index (χ4v) is 3.65. The molecule has 1 nitrogen and oxygen atoms in total. The number of pyridine rings is 1. The molecule has 0 aromatic carbocycles. The molecular formula is C15H19BrF3N. The molecule has 1 aromatic rings. The van der Waals surface area contributed by atoms with Crippen LogP contribution >= 0.6 is 15.9 Å². The first kappa shape index (κ1) is 15.8. The van der Waals surface area contributed by atoms with E-state index in [-0.39, 0.29) is 23.6 Å². The van der Waals surface area contributed by atoms with Crippen molar-refractivity contribution < 1.29 is 13.2 Å². The van der Waals surface area contributed by atoms with Crippen LogP contribution in [0.2, 0.25) is 0 Å². The van der Waals surface area contributed by atoms with Crippen molar-refractivity contribution >= 4 is 15.9 Å². The minimum atomic E-state index is -4.05. The van der Waals surface area contributed by atoms with Crippen molar-refractivity contribution in [1.29, 1.82) is 0 Å². The Morgan fingerprint density at radius 3 is 2.70 bits per heavy atom. The molecule has 5 heteroatoms. The van der Waals surface area contributed by atoms with Gasteiger partial charge in [0.25, 0.3) is 0 Å². The fourth-order valence-electron chi connectivity index (χ4n) is 2.84. The molecule has 1 heterocycles. The van der Waals surface area contributed by atoms with E-state index >= 15 is 0 Å². The van der Waals surface area contributed by atoms with Crippen LogP contribution < -0.4 is 0 Å². The highest BCUT2D eigenvalue weighted by atomic mass is 79.9. The summed E-state index contributed by atoms with van der Waals surface area (Å²) in [5.41, 5.74) is 2.03. The number of aromatic nitrogens is 1. The molecule has 3 unspecified atom stereocenters. The molecule has 0 saturated heterocycles. The van der Waals surface area contributed by atoms with Gasteiger partial charge in [-0.05, 0) is 43.7 Å². The Labute approximate surface area is 126 Å². The second-order valence-electron chi connectivity index (χ2n) is 5.71. The number of alkyl halides is 4. The third-order valence-corrected chi connectivity index (χ3v) is 5.14. The van der Waals surface area contributed by atoms with Gasteiger partial charge < -0.3 is 0 Å². The maximum absolute atomic E-state index is 12.8. The molecule has 0 N–H and O–H groups in total. The number of hydrogen-bond donors (Lipinski definition) is 0. The highest BCUT2D eigenvalue weighted by Crippen LogP contribution is 2.42. The number of halogens is 4. The number of aryl methyl sites for hydroxylation is 1. The predicted molar refractivity (Wildman–Crippen MR) is 76.9 cm³/mol. The van der Waals surface area contributed by atoms with Gasteiger partial charge in [0.2, 0.25) is 0 Å². The maximum atomic E-state index is 12.8. The van der Waals surface area contributed by atoms with Crippen molar-refractivity contribution in [3.63, 3.8) is 0 Å². The van der Waals surface area contributed by atoms with E-state index in [0.717, 1.165) is 17.7 Å².